The van der Waals surface area contributed by atoms with Crippen LogP contribution in [-0.4, -0.2) is 53.7 Å². The number of alkyl carbamates (subject to hydrolysis) is 1. The highest BCUT2D eigenvalue weighted by Gasteiger charge is 2.35. The van der Waals surface area contributed by atoms with Crippen LogP contribution in [0.4, 0.5) is 4.79 Å². The quantitative estimate of drug-likeness (QED) is 0.638. The van der Waals surface area contributed by atoms with E-state index in [1.54, 1.807) is 4.90 Å². The average molecular weight is 465 g/mol. The standard InChI is InChI=1S/C27H32N2O5/c1-3-17(2)24(25(30)29-14-8-9-18(15-29)26(31)32)28-27(33)34-16-23-21-12-6-4-10-19(21)20-11-5-7-13-22(20)23/h4-7,10-13,17-18,23-24H,3,8-9,14-16H2,1-2H3,(H,28,33)(H,31,32)/t17-,18-,24-/m0/s1. The molecule has 4 rings (SSSR count). The number of fused-ring (bicyclic) bond motifs is 3. The molecule has 0 bridgehead atoms. The number of benzene rings is 2. The third-order valence-electron chi connectivity index (χ3n) is 7.18. The van der Waals surface area contributed by atoms with Crippen molar-refractivity contribution in [3.05, 3.63) is 59.7 Å². The van der Waals surface area contributed by atoms with Crippen LogP contribution < -0.4 is 5.32 Å². The maximum atomic E-state index is 13.3. The molecule has 1 aliphatic carbocycles. The number of nitrogens with one attached hydrogen (secondary N) is 1. The predicted octanol–water partition coefficient (Wildman–Crippen LogP) is 4.26. The van der Waals surface area contributed by atoms with Crippen molar-refractivity contribution in [3.8, 4) is 11.1 Å². The van der Waals surface area contributed by atoms with Crippen molar-refractivity contribution >= 4 is 18.0 Å². The molecule has 0 spiro atoms. The Morgan fingerprint density at radius 2 is 1.71 bits per heavy atom. The van der Waals surface area contributed by atoms with Crippen molar-refractivity contribution in [3.63, 3.8) is 0 Å². The van der Waals surface area contributed by atoms with Crippen LogP contribution in [0.3, 0.4) is 0 Å². The maximum Gasteiger partial charge on any atom is 0.407 e. The van der Waals surface area contributed by atoms with Crippen LogP contribution in [0, 0.1) is 11.8 Å². The van der Waals surface area contributed by atoms with Gasteiger partial charge in [0.2, 0.25) is 5.91 Å². The normalized spacial score (nSPS) is 19.0. The smallest absolute Gasteiger partial charge is 0.407 e. The number of likely N-dealkylation sites (tertiary alicyclic amines) is 1. The van der Waals surface area contributed by atoms with Gasteiger partial charge in [0, 0.05) is 19.0 Å². The number of amides is 2. The van der Waals surface area contributed by atoms with E-state index in [1.165, 1.54) is 0 Å². The fourth-order valence-electron chi connectivity index (χ4n) is 5.03. The molecule has 0 saturated carbocycles. The summed E-state index contributed by atoms with van der Waals surface area (Å²) in [5, 5.41) is 12.1. The molecule has 1 heterocycles. The van der Waals surface area contributed by atoms with Gasteiger partial charge < -0.3 is 20.1 Å². The van der Waals surface area contributed by atoms with Gasteiger partial charge in [-0.3, -0.25) is 9.59 Å². The number of piperidine rings is 1. The zero-order chi connectivity index (χ0) is 24.2. The molecular weight excluding hydrogens is 432 g/mol. The van der Waals surface area contributed by atoms with E-state index in [1.807, 2.05) is 38.1 Å². The van der Waals surface area contributed by atoms with E-state index >= 15 is 0 Å². The van der Waals surface area contributed by atoms with E-state index in [9.17, 15) is 19.5 Å². The third kappa shape index (κ3) is 4.79. The summed E-state index contributed by atoms with van der Waals surface area (Å²) in [4.78, 5) is 39.1. The van der Waals surface area contributed by atoms with Crippen LogP contribution in [-0.2, 0) is 14.3 Å². The number of nitrogens with zero attached hydrogens (tertiary/aromatic N) is 1. The van der Waals surface area contributed by atoms with Gasteiger partial charge in [-0.15, -0.1) is 0 Å². The Bertz CT molecular complexity index is 1020. The Morgan fingerprint density at radius 3 is 2.29 bits per heavy atom. The van der Waals surface area contributed by atoms with Crippen LogP contribution in [0.1, 0.15) is 50.2 Å². The lowest BCUT2D eigenvalue weighted by Gasteiger charge is -2.35. The fourth-order valence-corrected chi connectivity index (χ4v) is 5.03. The molecule has 1 saturated heterocycles. The number of hydrogen-bond acceptors (Lipinski definition) is 4. The number of aliphatic carboxylic acids is 1. The molecule has 1 aliphatic heterocycles. The Kier molecular flexibility index (Phi) is 7.20. The van der Waals surface area contributed by atoms with Gasteiger partial charge in [-0.25, -0.2) is 4.79 Å². The van der Waals surface area contributed by atoms with Gasteiger partial charge in [0.05, 0.1) is 5.92 Å². The molecule has 2 aromatic rings. The molecular formula is C27H32N2O5. The topological polar surface area (TPSA) is 95.9 Å². The summed E-state index contributed by atoms with van der Waals surface area (Å²) in [5.74, 6) is -1.87. The van der Waals surface area contributed by atoms with E-state index < -0.39 is 24.0 Å². The monoisotopic (exact) mass is 464 g/mol. The van der Waals surface area contributed by atoms with Crippen LogP contribution in [0.15, 0.2) is 48.5 Å². The zero-order valence-corrected chi connectivity index (χ0v) is 19.7. The first-order valence-corrected chi connectivity index (χ1v) is 12.0. The third-order valence-corrected chi connectivity index (χ3v) is 7.18. The summed E-state index contributed by atoms with van der Waals surface area (Å²) in [7, 11) is 0. The molecule has 0 aromatic heterocycles. The summed E-state index contributed by atoms with van der Waals surface area (Å²) in [6.45, 7) is 4.72. The zero-order valence-electron chi connectivity index (χ0n) is 19.7. The van der Waals surface area contributed by atoms with Crippen LogP contribution in [0.2, 0.25) is 0 Å². The maximum absolute atomic E-state index is 13.3. The van der Waals surface area contributed by atoms with E-state index in [0.29, 0.717) is 25.8 Å². The van der Waals surface area contributed by atoms with E-state index in [-0.39, 0.29) is 30.9 Å². The van der Waals surface area contributed by atoms with Gasteiger partial charge in [-0.2, -0.15) is 0 Å². The van der Waals surface area contributed by atoms with Gasteiger partial charge in [0.1, 0.15) is 12.6 Å². The predicted molar refractivity (Wildman–Crippen MR) is 128 cm³/mol. The number of ether oxygens (including phenoxy) is 1. The second kappa shape index (κ2) is 10.3. The summed E-state index contributed by atoms with van der Waals surface area (Å²) >= 11 is 0. The van der Waals surface area contributed by atoms with E-state index in [4.69, 9.17) is 4.74 Å². The van der Waals surface area contributed by atoms with Gasteiger partial charge >= 0.3 is 12.1 Å². The Hall–Kier alpha value is -3.35. The van der Waals surface area contributed by atoms with Gasteiger partial charge in [-0.05, 0) is 41.0 Å². The van der Waals surface area contributed by atoms with Crippen molar-refractivity contribution in [1.29, 1.82) is 0 Å². The first kappa shape index (κ1) is 23.8. The lowest BCUT2D eigenvalue weighted by Crippen LogP contribution is -2.54. The minimum Gasteiger partial charge on any atom is -0.481 e. The molecule has 0 radical (unpaired) electrons. The number of rotatable bonds is 7. The molecule has 7 nitrogen and oxygen atoms in total. The molecule has 34 heavy (non-hydrogen) atoms. The second-order valence-corrected chi connectivity index (χ2v) is 9.29. The van der Waals surface area contributed by atoms with Gasteiger partial charge in [-0.1, -0.05) is 68.8 Å². The molecule has 3 atom stereocenters. The van der Waals surface area contributed by atoms with Crippen molar-refractivity contribution in [2.45, 2.75) is 45.1 Å². The van der Waals surface area contributed by atoms with E-state index in [2.05, 4.69) is 29.6 Å². The molecule has 2 aliphatic rings. The summed E-state index contributed by atoms with van der Waals surface area (Å²) in [6, 6.07) is 15.5. The first-order valence-electron chi connectivity index (χ1n) is 12.0. The number of carboxylic acids is 1. The van der Waals surface area contributed by atoms with Crippen molar-refractivity contribution in [1.82, 2.24) is 10.2 Å². The SMILES string of the molecule is CC[C@H](C)[C@H](NC(=O)OCC1c2ccccc2-c2ccccc21)C(=O)N1CCC[C@H](C(=O)O)C1. The van der Waals surface area contributed by atoms with Gasteiger partial charge in [0.25, 0.3) is 0 Å². The Balaban J connectivity index is 1.43. The second-order valence-electron chi connectivity index (χ2n) is 9.29. The molecule has 180 valence electrons. The number of carbonyl (C=O) groups is 3. The molecule has 7 heteroatoms. The van der Waals surface area contributed by atoms with Crippen LogP contribution in [0.5, 0.6) is 0 Å². The highest BCUT2D eigenvalue weighted by molar-refractivity contribution is 5.87. The number of hydrogen-bond donors (Lipinski definition) is 2. The van der Waals surface area contributed by atoms with Crippen LogP contribution >= 0.6 is 0 Å². The Morgan fingerprint density at radius 1 is 1.09 bits per heavy atom. The van der Waals surface area contributed by atoms with E-state index in [0.717, 1.165) is 22.3 Å². The van der Waals surface area contributed by atoms with Crippen molar-refractivity contribution in [2.75, 3.05) is 19.7 Å². The summed E-state index contributed by atoms with van der Waals surface area (Å²) < 4.78 is 5.65. The number of carboxylic acid groups (broad SMARTS) is 1. The lowest BCUT2D eigenvalue weighted by molar-refractivity contribution is -0.146. The largest absolute Gasteiger partial charge is 0.481 e. The van der Waals surface area contributed by atoms with Crippen LogP contribution in [0.25, 0.3) is 11.1 Å². The highest BCUT2D eigenvalue weighted by atomic mass is 16.5. The average Bonchev–Trinajstić information content (AvgIpc) is 3.19. The van der Waals surface area contributed by atoms with Crippen molar-refractivity contribution in [2.24, 2.45) is 11.8 Å². The molecule has 2 aromatic carbocycles. The molecule has 2 amide bonds. The Labute approximate surface area is 200 Å². The van der Waals surface area contributed by atoms with Gasteiger partial charge in [0.15, 0.2) is 0 Å². The minimum absolute atomic E-state index is 0.0608. The minimum atomic E-state index is -0.887. The lowest BCUT2D eigenvalue weighted by atomic mass is 9.94. The molecule has 0 unspecified atom stereocenters. The van der Waals surface area contributed by atoms with Crippen molar-refractivity contribution < 1.29 is 24.2 Å². The molecule has 2 N–H and O–H groups in total. The first-order chi connectivity index (χ1) is 16.4. The fraction of sp³-hybridized carbons (Fsp3) is 0.444. The molecule has 1 fully saturated rings. The number of carbonyl (C=O) groups excluding carboxylic acids is 2. The summed E-state index contributed by atoms with van der Waals surface area (Å²) in [5.41, 5.74) is 4.55. The highest BCUT2D eigenvalue weighted by Crippen LogP contribution is 2.44. The summed E-state index contributed by atoms with van der Waals surface area (Å²) in [6.07, 6.45) is 1.26.